The van der Waals surface area contributed by atoms with Crippen molar-refractivity contribution in [2.75, 3.05) is 5.32 Å². The number of halogens is 3. The van der Waals surface area contributed by atoms with E-state index < -0.39 is 0 Å². The summed E-state index contributed by atoms with van der Waals surface area (Å²) < 4.78 is 14.6. The zero-order chi connectivity index (χ0) is 13.1. The fourth-order valence-corrected chi connectivity index (χ4v) is 2.32. The van der Waals surface area contributed by atoms with Gasteiger partial charge in [-0.05, 0) is 43.3 Å². The van der Waals surface area contributed by atoms with Gasteiger partial charge in [-0.3, -0.25) is 0 Å². The molecule has 0 radical (unpaired) electrons. The van der Waals surface area contributed by atoms with Crippen molar-refractivity contribution in [2.45, 2.75) is 13.0 Å². The van der Waals surface area contributed by atoms with Crippen molar-refractivity contribution in [3.8, 4) is 0 Å². The van der Waals surface area contributed by atoms with Gasteiger partial charge in [0.15, 0.2) is 0 Å². The van der Waals surface area contributed by atoms with Crippen LogP contribution in [0.3, 0.4) is 0 Å². The Labute approximate surface area is 119 Å². The highest BCUT2D eigenvalue weighted by molar-refractivity contribution is 9.10. The van der Waals surface area contributed by atoms with Crippen LogP contribution < -0.4 is 5.32 Å². The standard InChI is InChI=1S/C14H12BrClFN/c1-9(13-7-10(15)5-6-14(13)17)18-12-4-2-3-11(16)8-12/h2-9,18H,1H3. The maximum Gasteiger partial charge on any atom is 0.128 e. The maximum absolute atomic E-state index is 13.7. The molecule has 0 spiro atoms. The molecule has 18 heavy (non-hydrogen) atoms. The molecule has 0 bridgehead atoms. The van der Waals surface area contributed by atoms with Gasteiger partial charge in [-0.1, -0.05) is 33.6 Å². The van der Waals surface area contributed by atoms with Gasteiger partial charge in [0.1, 0.15) is 5.82 Å². The van der Waals surface area contributed by atoms with Gasteiger partial charge >= 0.3 is 0 Å². The third-order valence-electron chi connectivity index (χ3n) is 2.63. The van der Waals surface area contributed by atoms with Crippen LogP contribution in [0.2, 0.25) is 5.02 Å². The number of benzene rings is 2. The summed E-state index contributed by atoms with van der Waals surface area (Å²) in [6, 6.07) is 12.1. The zero-order valence-electron chi connectivity index (χ0n) is 9.75. The summed E-state index contributed by atoms with van der Waals surface area (Å²) in [5.41, 5.74) is 1.48. The van der Waals surface area contributed by atoms with Crippen molar-refractivity contribution in [3.05, 3.63) is 63.3 Å². The van der Waals surface area contributed by atoms with E-state index in [2.05, 4.69) is 21.2 Å². The SMILES string of the molecule is CC(Nc1cccc(Cl)c1)c1cc(Br)ccc1F. The van der Waals surface area contributed by atoms with Crippen molar-refractivity contribution < 1.29 is 4.39 Å². The summed E-state index contributed by atoms with van der Waals surface area (Å²) in [7, 11) is 0. The van der Waals surface area contributed by atoms with E-state index in [0.29, 0.717) is 10.6 Å². The third kappa shape index (κ3) is 3.24. The van der Waals surface area contributed by atoms with Gasteiger partial charge in [0.25, 0.3) is 0 Å². The first kappa shape index (κ1) is 13.4. The molecule has 0 aliphatic rings. The Kier molecular flexibility index (Phi) is 4.25. The Morgan fingerprint density at radius 2 is 2.00 bits per heavy atom. The highest BCUT2D eigenvalue weighted by atomic mass is 79.9. The Morgan fingerprint density at radius 1 is 1.22 bits per heavy atom. The lowest BCUT2D eigenvalue weighted by Gasteiger charge is -2.17. The molecule has 0 amide bonds. The predicted octanol–water partition coefficient (Wildman–Crippen LogP) is 5.41. The Balaban J connectivity index is 2.21. The molecule has 1 unspecified atom stereocenters. The number of hydrogen-bond donors (Lipinski definition) is 1. The summed E-state index contributed by atoms with van der Waals surface area (Å²) >= 11 is 9.26. The van der Waals surface area contributed by atoms with Crippen LogP contribution in [0.25, 0.3) is 0 Å². The molecular weight excluding hydrogens is 317 g/mol. The molecule has 4 heteroatoms. The third-order valence-corrected chi connectivity index (χ3v) is 3.36. The van der Waals surface area contributed by atoms with E-state index in [1.807, 2.05) is 25.1 Å². The normalized spacial score (nSPS) is 12.2. The van der Waals surface area contributed by atoms with E-state index in [0.717, 1.165) is 10.2 Å². The Bertz CT molecular complexity index is 559. The second-order valence-corrected chi connectivity index (χ2v) is 5.39. The van der Waals surface area contributed by atoms with Gasteiger partial charge in [0.2, 0.25) is 0 Å². The molecule has 0 aromatic heterocycles. The van der Waals surface area contributed by atoms with E-state index in [9.17, 15) is 4.39 Å². The van der Waals surface area contributed by atoms with Gasteiger partial charge in [0, 0.05) is 20.7 Å². The first-order chi connectivity index (χ1) is 8.56. The lowest BCUT2D eigenvalue weighted by atomic mass is 10.1. The van der Waals surface area contributed by atoms with Gasteiger partial charge in [0.05, 0.1) is 6.04 Å². The molecule has 0 fully saturated rings. The van der Waals surface area contributed by atoms with Crippen molar-refractivity contribution in [3.63, 3.8) is 0 Å². The highest BCUT2D eigenvalue weighted by Gasteiger charge is 2.11. The fraction of sp³-hybridized carbons (Fsp3) is 0.143. The fourth-order valence-electron chi connectivity index (χ4n) is 1.75. The summed E-state index contributed by atoms with van der Waals surface area (Å²) in [6.45, 7) is 1.91. The molecule has 0 saturated heterocycles. The zero-order valence-corrected chi connectivity index (χ0v) is 12.1. The molecule has 94 valence electrons. The molecule has 2 aromatic carbocycles. The van der Waals surface area contributed by atoms with E-state index >= 15 is 0 Å². The summed E-state index contributed by atoms with van der Waals surface area (Å²) in [5, 5.41) is 3.88. The van der Waals surface area contributed by atoms with E-state index in [1.54, 1.807) is 18.2 Å². The minimum absolute atomic E-state index is 0.138. The topological polar surface area (TPSA) is 12.0 Å². The van der Waals surface area contributed by atoms with Crippen LogP contribution in [0.1, 0.15) is 18.5 Å². The largest absolute Gasteiger partial charge is 0.378 e. The van der Waals surface area contributed by atoms with Gasteiger partial charge < -0.3 is 5.32 Å². The van der Waals surface area contributed by atoms with Crippen LogP contribution in [0.5, 0.6) is 0 Å². The lowest BCUT2D eigenvalue weighted by Crippen LogP contribution is -2.08. The van der Waals surface area contributed by atoms with Crippen molar-refractivity contribution in [2.24, 2.45) is 0 Å². The highest BCUT2D eigenvalue weighted by Crippen LogP contribution is 2.25. The van der Waals surface area contributed by atoms with Crippen molar-refractivity contribution in [1.82, 2.24) is 0 Å². The molecule has 1 atom stereocenters. The molecule has 2 rings (SSSR count). The van der Waals surface area contributed by atoms with E-state index in [1.165, 1.54) is 6.07 Å². The van der Waals surface area contributed by atoms with Crippen LogP contribution in [-0.4, -0.2) is 0 Å². The second-order valence-electron chi connectivity index (χ2n) is 4.04. The smallest absolute Gasteiger partial charge is 0.128 e. The van der Waals surface area contributed by atoms with Crippen LogP contribution in [0.4, 0.5) is 10.1 Å². The quantitative estimate of drug-likeness (QED) is 0.794. The Morgan fingerprint density at radius 3 is 2.72 bits per heavy atom. The monoisotopic (exact) mass is 327 g/mol. The van der Waals surface area contributed by atoms with Crippen molar-refractivity contribution in [1.29, 1.82) is 0 Å². The summed E-state index contributed by atoms with van der Waals surface area (Å²) in [5.74, 6) is -0.222. The maximum atomic E-state index is 13.7. The van der Waals surface area contributed by atoms with Crippen LogP contribution in [-0.2, 0) is 0 Å². The van der Waals surface area contributed by atoms with E-state index in [-0.39, 0.29) is 11.9 Å². The number of nitrogens with one attached hydrogen (secondary N) is 1. The predicted molar refractivity (Wildman–Crippen MR) is 77.6 cm³/mol. The summed E-state index contributed by atoms with van der Waals surface area (Å²) in [4.78, 5) is 0. The average Bonchev–Trinajstić information content (AvgIpc) is 2.32. The first-order valence-electron chi connectivity index (χ1n) is 5.53. The van der Waals surface area contributed by atoms with E-state index in [4.69, 9.17) is 11.6 Å². The lowest BCUT2D eigenvalue weighted by molar-refractivity contribution is 0.600. The summed E-state index contributed by atoms with van der Waals surface area (Å²) in [6.07, 6.45) is 0. The van der Waals surface area contributed by atoms with Crippen LogP contribution in [0, 0.1) is 5.82 Å². The van der Waals surface area contributed by atoms with Crippen LogP contribution >= 0.6 is 27.5 Å². The molecule has 1 N–H and O–H groups in total. The first-order valence-corrected chi connectivity index (χ1v) is 6.70. The molecule has 0 aliphatic heterocycles. The Hall–Kier alpha value is -1.06. The minimum atomic E-state index is -0.222. The molecule has 2 aromatic rings. The van der Waals surface area contributed by atoms with Gasteiger partial charge in [-0.2, -0.15) is 0 Å². The number of hydrogen-bond acceptors (Lipinski definition) is 1. The van der Waals surface area contributed by atoms with Crippen LogP contribution in [0.15, 0.2) is 46.9 Å². The molecule has 0 heterocycles. The van der Waals surface area contributed by atoms with Crippen molar-refractivity contribution >= 4 is 33.2 Å². The number of anilines is 1. The molecule has 1 nitrogen and oxygen atoms in total. The molecular formula is C14H12BrClFN. The molecule has 0 saturated carbocycles. The van der Waals surface area contributed by atoms with Gasteiger partial charge in [-0.25, -0.2) is 4.39 Å². The number of rotatable bonds is 3. The molecule has 0 aliphatic carbocycles. The second kappa shape index (κ2) is 5.72. The average molecular weight is 329 g/mol. The minimum Gasteiger partial charge on any atom is -0.378 e. The van der Waals surface area contributed by atoms with Gasteiger partial charge in [-0.15, -0.1) is 0 Å².